The van der Waals surface area contributed by atoms with Crippen LogP contribution in [0.5, 0.6) is 0 Å². The van der Waals surface area contributed by atoms with Crippen molar-refractivity contribution in [3.05, 3.63) is 71.7 Å². The fraction of sp³-hybridized carbons (Fsp3) is 0.211. The number of carboxylic acids is 1. The van der Waals surface area contributed by atoms with Crippen molar-refractivity contribution in [1.29, 1.82) is 0 Å². The summed E-state index contributed by atoms with van der Waals surface area (Å²) in [5.74, 6) is -0.504. The number of aliphatic carboxylic acids is 1. The molecule has 0 spiro atoms. The monoisotopic (exact) mass is 356 g/mol. The molecule has 2 atom stereocenters. The van der Waals surface area contributed by atoms with Gasteiger partial charge < -0.3 is 9.67 Å². The molecule has 3 aromatic rings. The highest BCUT2D eigenvalue weighted by Crippen LogP contribution is 2.37. The summed E-state index contributed by atoms with van der Waals surface area (Å²) in [6.45, 7) is 0.639. The summed E-state index contributed by atoms with van der Waals surface area (Å²) in [4.78, 5) is 11.2. The number of nitrogens with zero attached hydrogens (tertiary/aromatic N) is 1. The van der Waals surface area contributed by atoms with E-state index in [-0.39, 0.29) is 11.2 Å². The average Bonchev–Trinajstić information content (AvgIpc) is 3.22. The van der Waals surface area contributed by atoms with Gasteiger partial charge in [0.15, 0.2) is 0 Å². The quantitative estimate of drug-likeness (QED) is 0.750. The summed E-state index contributed by atoms with van der Waals surface area (Å²) in [6, 6.07) is 14.1. The number of carboxylic acid groups (broad SMARTS) is 1. The fourth-order valence-corrected chi connectivity index (χ4v) is 4.45. The first-order chi connectivity index (χ1) is 12.1. The van der Waals surface area contributed by atoms with Gasteiger partial charge in [0, 0.05) is 35.0 Å². The van der Waals surface area contributed by atoms with Gasteiger partial charge >= 0.3 is 5.97 Å². The molecule has 0 radical (unpaired) electrons. The highest BCUT2D eigenvalue weighted by molar-refractivity contribution is 7.99. The van der Waals surface area contributed by atoms with Gasteiger partial charge in [-0.25, -0.2) is 4.39 Å². The number of rotatable bonds is 4. The van der Waals surface area contributed by atoms with Crippen LogP contribution >= 0.6 is 11.8 Å². The van der Waals surface area contributed by atoms with Crippen molar-refractivity contribution in [3.63, 3.8) is 0 Å². The summed E-state index contributed by atoms with van der Waals surface area (Å²) < 4.78 is 15.3. The molecule has 4 nitrogen and oxygen atoms in total. The third-order valence-electron chi connectivity index (χ3n) is 4.45. The van der Waals surface area contributed by atoms with Crippen molar-refractivity contribution in [2.24, 2.45) is 0 Å². The standard InChI is InChI=1S/C19H17FN2O2S/c20-13-7-5-12(6-8-13)9-22-10-15(14-3-1-2-4-17(14)22)18-21-16(11-25-18)19(23)24/h1-8,10,16,18,21H,9,11H2,(H,23,24)/t16-,18+/m0/s1. The molecule has 1 saturated heterocycles. The molecule has 0 unspecified atom stereocenters. The van der Waals surface area contributed by atoms with Gasteiger partial charge in [-0.2, -0.15) is 0 Å². The van der Waals surface area contributed by atoms with Crippen LogP contribution in [0.3, 0.4) is 0 Å². The van der Waals surface area contributed by atoms with E-state index in [9.17, 15) is 14.3 Å². The minimum atomic E-state index is -0.815. The smallest absolute Gasteiger partial charge is 0.321 e. The summed E-state index contributed by atoms with van der Waals surface area (Å²) in [5.41, 5.74) is 3.19. The predicted octanol–water partition coefficient (Wildman–Crippen LogP) is 3.62. The number of fused-ring (bicyclic) bond motifs is 1. The van der Waals surface area contributed by atoms with Gasteiger partial charge in [0.2, 0.25) is 0 Å². The molecule has 0 saturated carbocycles. The van der Waals surface area contributed by atoms with E-state index in [1.807, 2.05) is 12.1 Å². The van der Waals surface area contributed by atoms with E-state index >= 15 is 0 Å². The second-order valence-electron chi connectivity index (χ2n) is 6.13. The van der Waals surface area contributed by atoms with Crippen LogP contribution < -0.4 is 5.32 Å². The van der Waals surface area contributed by atoms with Gasteiger partial charge in [-0.1, -0.05) is 30.3 Å². The second kappa shape index (κ2) is 6.54. The van der Waals surface area contributed by atoms with Crippen LogP contribution in [0.2, 0.25) is 0 Å². The van der Waals surface area contributed by atoms with Crippen LogP contribution in [-0.4, -0.2) is 27.4 Å². The van der Waals surface area contributed by atoms with Gasteiger partial charge in [0.25, 0.3) is 0 Å². The summed E-state index contributed by atoms with van der Waals surface area (Å²) in [6.07, 6.45) is 2.07. The molecule has 1 aromatic heterocycles. The van der Waals surface area contributed by atoms with Gasteiger partial charge in [0.1, 0.15) is 11.9 Å². The molecule has 0 amide bonds. The van der Waals surface area contributed by atoms with E-state index < -0.39 is 12.0 Å². The number of para-hydroxylation sites is 1. The minimum Gasteiger partial charge on any atom is -0.480 e. The Labute approximate surface area is 148 Å². The van der Waals surface area contributed by atoms with Gasteiger partial charge in [-0.15, -0.1) is 11.8 Å². The van der Waals surface area contributed by atoms with Gasteiger partial charge in [0.05, 0.1) is 5.37 Å². The summed E-state index contributed by atoms with van der Waals surface area (Å²) in [5, 5.41) is 13.5. The maximum Gasteiger partial charge on any atom is 0.321 e. The van der Waals surface area contributed by atoms with Crippen molar-refractivity contribution in [1.82, 2.24) is 9.88 Å². The van der Waals surface area contributed by atoms with Crippen molar-refractivity contribution in [3.8, 4) is 0 Å². The third kappa shape index (κ3) is 3.15. The highest BCUT2D eigenvalue weighted by atomic mass is 32.2. The van der Waals surface area contributed by atoms with E-state index in [1.54, 1.807) is 23.9 Å². The zero-order valence-corrected chi connectivity index (χ0v) is 14.2. The van der Waals surface area contributed by atoms with Gasteiger partial charge in [-0.05, 0) is 23.8 Å². The Kier molecular flexibility index (Phi) is 4.23. The lowest BCUT2D eigenvalue weighted by molar-refractivity contribution is -0.138. The topological polar surface area (TPSA) is 54.3 Å². The van der Waals surface area contributed by atoms with Crippen LogP contribution in [0, 0.1) is 5.82 Å². The van der Waals surface area contributed by atoms with E-state index in [0.717, 1.165) is 22.0 Å². The molecule has 1 aliphatic rings. The molecule has 0 aliphatic carbocycles. The number of nitrogens with one attached hydrogen (secondary N) is 1. The van der Waals surface area contributed by atoms with Crippen LogP contribution in [0.15, 0.2) is 54.7 Å². The number of hydrogen-bond donors (Lipinski definition) is 2. The number of halogens is 1. The molecule has 6 heteroatoms. The zero-order chi connectivity index (χ0) is 17.4. The Morgan fingerprint density at radius 1 is 1.24 bits per heavy atom. The molecule has 4 rings (SSSR count). The number of benzene rings is 2. The summed E-state index contributed by atoms with van der Waals surface area (Å²) in [7, 11) is 0. The zero-order valence-electron chi connectivity index (χ0n) is 13.4. The van der Waals surface area contributed by atoms with Crippen molar-refractivity contribution < 1.29 is 14.3 Å². The van der Waals surface area contributed by atoms with Crippen molar-refractivity contribution >= 4 is 28.6 Å². The minimum absolute atomic E-state index is 0.0412. The molecule has 2 aromatic carbocycles. The Morgan fingerprint density at radius 3 is 2.72 bits per heavy atom. The molecular formula is C19H17FN2O2S. The summed E-state index contributed by atoms with van der Waals surface area (Å²) >= 11 is 1.61. The Morgan fingerprint density at radius 2 is 2.00 bits per heavy atom. The molecule has 1 aliphatic heterocycles. The normalized spacial score (nSPS) is 20.2. The van der Waals surface area contributed by atoms with Crippen LogP contribution in [-0.2, 0) is 11.3 Å². The van der Waals surface area contributed by atoms with E-state index in [2.05, 4.69) is 28.2 Å². The molecule has 0 bridgehead atoms. The maximum absolute atomic E-state index is 13.1. The third-order valence-corrected chi connectivity index (χ3v) is 5.70. The lowest BCUT2D eigenvalue weighted by Gasteiger charge is -2.09. The maximum atomic E-state index is 13.1. The molecular weight excluding hydrogens is 339 g/mol. The van der Waals surface area contributed by atoms with E-state index in [4.69, 9.17) is 0 Å². The number of carbonyl (C=O) groups is 1. The SMILES string of the molecule is O=C(O)[C@@H]1CS[C@H](c2cn(Cc3ccc(F)cc3)c3ccccc23)N1. The molecule has 128 valence electrons. The number of hydrogen-bond acceptors (Lipinski definition) is 3. The van der Waals surface area contributed by atoms with Gasteiger partial charge in [-0.3, -0.25) is 10.1 Å². The lowest BCUT2D eigenvalue weighted by Crippen LogP contribution is -2.33. The average molecular weight is 356 g/mol. The lowest BCUT2D eigenvalue weighted by atomic mass is 10.1. The number of thioether (sulfide) groups is 1. The first-order valence-corrected chi connectivity index (χ1v) is 9.09. The Bertz CT molecular complexity index is 923. The van der Waals surface area contributed by atoms with Crippen LogP contribution in [0.4, 0.5) is 4.39 Å². The van der Waals surface area contributed by atoms with Crippen LogP contribution in [0.25, 0.3) is 10.9 Å². The first-order valence-electron chi connectivity index (χ1n) is 8.04. The van der Waals surface area contributed by atoms with E-state index in [0.29, 0.717) is 12.3 Å². The van der Waals surface area contributed by atoms with Crippen molar-refractivity contribution in [2.75, 3.05) is 5.75 Å². The Hall–Kier alpha value is -2.31. The van der Waals surface area contributed by atoms with Crippen LogP contribution in [0.1, 0.15) is 16.5 Å². The second-order valence-corrected chi connectivity index (χ2v) is 7.26. The van der Waals surface area contributed by atoms with E-state index in [1.165, 1.54) is 12.1 Å². The predicted molar refractivity (Wildman–Crippen MR) is 97.2 cm³/mol. The Balaban J connectivity index is 1.69. The largest absolute Gasteiger partial charge is 0.480 e. The van der Waals surface area contributed by atoms with Crippen molar-refractivity contribution in [2.45, 2.75) is 18.0 Å². The number of aromatic nitrogens is 1. The fourth-order valence-electron chi connectivity index (χ4n) is 3.19. The molecule has 25 heavy (non-hydrogen) atoms. The molecule has 2 heterocycles. The highest BCUT2D eigenvalue weighted by Gasteiger charge is 2.31. The first kappa shape index (κ1) is 16.2. The molecule has 1 fully saturated rings. The molecule has 2 N–H and O–H groups in total.